The molecule has 4 atom stereocenters. The number of carbonyl (C=O) groups excluding carboxylic acids is 1. The molecule has 1 aromatic rings. The summed E-state index contributed by atoms with van der Waals surface area (Å²) in [6.45, 7) is 9.48. The second-order valence-electron chi connectivity index (χ2n) is 5.73. The highest BCUT2D eigenvalue weighted by molar-refractivity contribution is 6.00. The molecule has 0 spiro atoms. The van der Waals surface area contributed by atoms with Crippen molar-refractivity contribution in [2.45, 2.75) is 46.8 Å². The number of ether oxygens (including phenoxy) is 1. The summed E-state index contributed by atoms with van der Waals surface area (Å²) >= 11 is 0. The van der Waals surface area contributed by atoms with Gasteiger partial charge in [0, 0.05) is 0 Å². The van der Waals surface area contributed by atoms with E-state index in [0.29, 0.717) is 5.56 Å². The lowest BCUT2D eigenvalue weighted by atomic mass is 9.82. The zero-order valence-electron chi connectivity index (χ0n) is 12.2. The number of rotatable bonds is 2. The molecule has 1 aliphatic heterocycles. The fourth-order valence-electron chi connectivity index (χ4n) is 3.11. The summed E-state index contributed by atoms with van der Waals surface area (Å²) in [5, 5.41) is 0. The largest absolute Gasteiger partial charge is 0.374 e. The van der Waals surface area contributed by atoms with Gasteiger partial charge in [-0.25, -0.2) is 4.39 Å². The Morgan fingerprint density at radius 1 is 1.16 bits per heavy atom. The summed E-state index contributed by atoms with van der Waals surface area (Å²) in [4.78, 5) is 12.6. The van der Waals surface area contributed by atoms with Crippen molar-refractivity contribution >= 4 is 5.78 Å². The summed E-state index contributed by atoms with van der Waals surface area (Å²) in [5.74, 6) is -0.686. The van der Waals surface area contributed by atoms with Crippen LogP contribution in [0.3, 0.4) is 0 Å². The molecule has 1 heterocycles. The number of hydrogen-bond donors (Lipinski definition) is 0. The fourth-order valence-corrected chi connectivity index (χ4v) is 3.11. The maximum absolute atomic E-state index is 14.1. The third-order valence-electron chi connectivity index (χ3n) is 4.22. The van der Waals surface area contributed by atoms with E-state index in [-0.39, 0.29) is 35.4 Å². The predicted octanol–water partition coefficient (Wildman–Crippen LogP) is 3.68. The topological polar surface area (TPSA) is 26.3 Å². The predicted molar refractivity (Wildman–Crippen MR) is 72.9 cm³/mol. The van der Waals surface area contributed by atoms with Gasteiger partial charge in [0.1, 0.15) is 5.82 Å². The van der Waals surface area contributed by atoms with Gasteiger partial charge in [0.2, 0.25) is 0 Å². The van der Waals surface area contributed by atoms with E-state index in [9.17, 15) is 9.18 Å². The van der Waals surface area contributed by atoms with Crippen molar-refractivity contribution < 1.29 is 13.9 Å². The molecular weight excluding hydrogens is 243 g/mol. The molecule has 3 heteroatoms. The van der Waals surface area contributed by atoms with Crippen molar-refractivity contribution in [3.8, 4) is 0 Å². The van der Waals surface area contributed by atoms with E-state index in [2.05, 4.69) is 0 Å². The first-order valence-electron chi connectivity index (χ1n) is 6.79. The van der Waals surface area contributed by atoms with Crippen LogP contribution in [-0.2, 0) is 4.74 Å². The minimum Gasteiger partial charge on any atom is -0.374 e. The van der Waals surface area contributed by atoms with E-state index in [1.165, 1.54) is 6.07 Å². The highest BCUT2D eigenvalue weighted by atomic mass is 19.1. The Morgan fingerprint density at radius 2 is 1.79 bits per heavy atom. The zero-order valence-corrected chi connectivity index (χ0v) is 12.2. The van der Waals surface area contributed by atoms with Gasteiger partial charge < -0.3 is 4.74 Å². The first-order chi connectivity index (χ1) is 8.82. The summed E-state index contributed by atoms with van der Waals surface area (Å²) in [5.41, 5.74) is 1.78. The van der Waals surface area contributed by atoms with Crippen LogP contribution in [0.15, 0.2) is 12.1 Å². The highest BCUT2D eigenvalue weighted by Gasteiger charge is 2.42. The molecule has 0 amide bonds. The summed E-state index contributed by atoms with van der Waals surface area (Å²) < 4.78 is 19.8. The van der Waals surface area contributed by atoms with Crippen LogP contribution in [0.1, 0.15) is 42.3 Å². The molecule has 4 unspecified atom stereocenters. The molecule has 2 nitrogen and oxygen atoms in total. The van der Waals surface area contributed by atoms with Crippen LogP contribution < -0.4 is 0 Å². The Hall–Kier alpha value is -1.22. The van der Waals surface area contributed by atoms with Gasteiger partial charge in [-0.1, -0.05) is 13.0 Å². The summed E-state index contributed by atoms with van der Waals surface area (Å²) in [6.07, 6.45) is -0.115. The second kappa shape index (κ2) is 5.04. The Morgan fingerprint density at radius 3 is 2.26 bits per heavy atom. The van der Waals surface area contributed by atoms with Gasteiger partial charge in [0.15, 0.2) is 5.78 Å². The molecule has 1 aromatic carbocycles. The maximum atomic E-state index is 14.1. The molecule has 1 saturated heterocycles. The molecule has 0 bridgehead atoms. The van der Waals surface area contributed by atoms with Crippen molar-refractivity contribution in [2.24, 2.45) is 11.8 Å². The standard InChI is InChI=1S/C16H21FO2/c1-8-6-9(2)14(13(17)7-8)16(18)15-10(3)11(4)19-12(15)5/h6-7,10-12,15H,1-5H3. The van der Waals surface area contributed by atoms with Crippen molar-refractivity contribution in [1.82, 2.24) is 0 Å². The van der Waals surface area contributed by atoms with Crippen LogP contribution in [-0.4, -0.2) is 18.0 Å². The van der Waals surface area contributed by atoms with E-state index >= 15 is 0 Å². The van der Waals surface area contributed by atoms with Crippen LogP contribution in [0.2, 0.25) is 0 Å². The van der Waals surface area contributed by atoms with E-state index in [1.807, 2.05) is 33.8 Å². The van der Waals surface area contributed by atoms with Gasteiger partial charge in [-0.2, -0.15) is 0 Å². The minimum absolute atomic E-state index is 0.0396. The molecule has 1 aliphatic rings. The van der Waals surface area contributed by atoms with Crippen LogP contribution in [0, 0.1) is 31.5 Å². The number of Topliss-reactive ketones (excluding diaryl/α,β-unsaturated/α-hetero) is 1. The molecular formula is C16H21FO2. The summed E-state index contributed by atoms with van der Waals surface area (Å²) in [7, 11) is 0. The van der Waals surface area contributed by atoms with E-state index in [1.54, 1.807) is 6.92 Å². The maximum Gasteiger partial charge on any atom is 0.172 e. The van der Waals surface area contributed by atoms with Gasteiger partial charge in [0.25, 0.3) is 0 Å². The lowest BCUT2D eigenvalue weighted by Gasteiger charge is -2.19. The fraction of sp³-hybridized carbons (Fsp3) is 0.562. The van der Waals surface area contributed by atoms with Gasteiger partial charge >= 0.3 is 0 Å². The SMILES string of the molecule is Cc1cc(C)c(C(=O)C2C(C)OC(C)C2C)c(F)c1. The number of aryl methyl sites for hydroxylation is 2. The van der Waals surface area contributed by atoms with Gasteiger partial charge in [-0.3, -0.25) is 4.79 Å². The molecule has 0 aromatic heterocycles. The number of halogens is 1. The third kappa shape index (κ3) is 2.44. The average Bonchev–Trinajstić information content (AvgIpc) is 2.51. The molecule has 0 aliphatic carbocycles. The van der Waals surface area contributed by atoms with E-state index in [4.69, 9.17) is 4.74 Å². The van der Waals surface area contributed by atoms with Crippen LogP contribution >= 0.6 is 0 Å². The molecule has 2 rings (SSSR count). The number of benzene rings is 1. The molecule has 0 radical (unpaired) electrons. The van der Waals surface area contributed by atoms with Crippen LogP contribution in [0.4, 0.5) is 4.39 Å². The quantitative estimate of drug-likeness (QED) is 0.762. The molecule has 0 saturated carbocycles. The van der Waals surface area contributed by atoms with Crippen molar-refractivity contribution in [2.75, 3.05) is 0 Å². The smallest absolute Gasteiger partial charge is 0.172 e. The Balaban J connectivity index is 2.40. The van der Waals surface area contributed by atoms with Gasteiger partial charge in [0.05, 0.1) is 23.7 Å². The summed E-state index contributed by atoms with van der Waals surface area (Å²) in [6, 6.07) is 3.28. The number of hydrogen-bond acceptors (Lipinski definition) is 2. The first-order valence-corrected chi connectivity index (χ1v) is 6.79. The molecule has 1 fully saturated rings. The highest BCUT2D eigenvalue weighted by Crippen LogP contribution is 2.35. The number of carbonyl (C=O) groups is 1. The Bertz CT molecular complexity index is 486. The van der Waals surface area contributed by atoms with Crippen molar-refractivity contribution in [3.05, 3.63) is 34.6 Å². The minimum atomic E-state index is -0.415. The van der Waals surface area contributed by atoms with Gasteiger partial charge in [-0.15, -0.1) is 0 Å². The van der Waals surface area contributed by atoms with Crippen molar-refractivity contribution in [1.29, 1.82) is 0 Å². The first kappa shape index (κ1) is 14.2. The van der Waals surface area contributed by atoms with Gasteiger partial charge in [-0.05, 0) is 50.8 Å². The second-order valence-corrected chi connectivity index (χ2v) is 5.73. The normalized spacial score (nSPS) is 30.6. The van der Waals surface area contributed by atoms with E-state index < -0.39 is 5.82 Å². The molecule has 104 valence electrons. The lowest BCUT2D eigenvalue weighted by Crippen LogP contribution is -2.28. The molecule has 0 N–H and O–H groups in total. The lowest BCUT2D eigenvalue weighted by molar-refractivity contribution is 0.0490. The number of ketones is 1. The van der Waals surface area contributed by atoms with Crippen LogP contribution in [0.25, 0.3) is 0 Å². The Kier molecular flexibility index (Phi) is 3.77. The monoisotopic (exact) mass is 264 g/mol. The van der Waals surface area contributed by atoms with Crippen molar-refractivity contribution in [3.63, 3.8) is 0 Å². The average molecular weight is 264 g/mol. The zero-order chi connectivity index (χ0) is 14.3. The van der Waals surface area contributed by atoms with Crippen LogP contribution in [0.5, 0.6) is 0 Å². The third-order valence-corrected chi connectivity index (χ3v) is 4.22. The van der Waals surface area contributed by atoms with E-state index in [0.717, 1.165) is 5.56 Å². The Labute approximate surface area is 114 Å². The molecule has 19 heavy (non-hydrogen) atoms.